The lowest BCUT2D eigenvalue weighted by Gasteiger charge is -2.04. The summed E-state index contributed by atoms with van der Waals surface area (Å²) in [7, 11) is 0. The Balaban J connectivity index is 2.57. The average Bonchev–Trinajstić information content (AvgIpc) is 2.40. The summed E-state index contributed by atoms with van der Waals surface area (Å²) < 4.78 is 5.26. The molecule has 0 unspecified atom stereocenters. The van der Waals surface area contributed by atoms with Gasteiger partial charge in [-0.1, -0.05) is 23.7 Å². The summed E-state index contributed by atoms with van der Waals surface area (Å²) in [4.78, 5) is 27.4. The van der Waals surface area contributed by atoms with E-state index in [1.807, 2.05) is 26.0 Å². The molecule has 0 fully saturated rings. The molecule has 0 aliphatic rings. The van der Waals surface area contributed by atoms with E-state index in [0.29, 0.717) is 23.3 Å². The SMILES string of the molecule is CC/C(=N\OC(C)=O)c1cc2cc(C)ccc2oc1=O. The van der Waals surface area contributed by atoms with Gasteiger partial charge in [0.15, 0.2) is 0 Å². The topological polar surface area (TPSA) is 68.9 Å². The summed E-state index contributed by atoms with van der Waals surface area (Å²) in [5.74, 6) is -0.531. The minimum atomic E-state index is -0.531. The third-order valence-corrected chi connectivity index (χ3v) is 2.82. The molecule has 5 nitrogen and oxygen atoms in total. The second kappa shape index (κ2) is 5.69. The van der Waals surface area contributed by atoms with E-state index in [-0.39, 0.29) is 0 Å². The molecule has 20 heavy (non-hydrogen) atoms. The minimum absolute atomic E-state index is 0.312. The molecule has 0 N–H and O–H groups in total. The van der Waals surface area contributed by atoms with Crippen LogP contribution in [0.3, 0.4) is 0 Å². The molecule has 1 heterocycles. The predicted molar refractivity (Wildman–Crippen MR) is 75.8 cm³/mol. The lowest BCUT2D eigenvalue weighted by molar-refractivity contribution is -0.140. The van der Waals surface area contributed by atoms with Gasteiger partial charge >= 0.3 is 11.6 Å². The average molecular weight is 273 g/mol. The number of hydrogen-bond acceptors (Lipinski definition) is 5. The number of benzene rings is 1. The Hall–Kier alpha value is -2.43. The third-order valence-electron chi connectivity index (χ3n) is 2.82. The monoisotopic (exact) mass is 273 g/mol. The van der Waals surface area contributed by atoms with Crippen molar-refractivity contribution < 1.29 is 14.0 Å². The number of aryl methyl sites for hydroxylation is 1. The highest BCUT2D eigenvalue weighted by Crippen LogP contribution is 2.16. The molecule has 0 radical (unpaired) electrons. The van der Waals surface area contributed by atoms with Gasteiger partial charge in [-0.05, 0) is 31.5 Å². The number of nitrogens with zero attached hydrogens (tertiary/aromatic N) is 1. The first-order valence-electron chi connectivity index (χ1n) is 6.30. The van der Waals surface area contributed by atoms with Crippen molar-refractivity contribution in [1.82, 2.24) is 0 Å². The summed E-state index contributed by atoms with van der Waals surface area (Å²) in [6.45, 7) is 5.03. The molecule has 104 valence electrons. The van der Waals surface area contributed by atoms with Gasteiger partial charge in [-0.25, -0.2) is 9.59 Å². The van der Waals surface area contributed by atoms with Crippen LogP contribution in [0, 0.1) is 6.92 Å². The van der Waals surface area contributed by atoms with Gasteiger partial charge in [0.25, 0.3) is 0 Å². The van der Waals surface area contributed by atoms with Crippen LogP contribution >= 0.6 is 0 Å². The summed E-state index contributed by atoms with van der Waals surface area (Å²) in [6.07, 6.45) is 0.454. The molecule has 0 atom stereocenters. The Bertz CT molecular complexity index is 743. The van der Waals surface area contributed by atoms with Gasteiger partial charge in [0.1, 0.15) is 5.58 Å². The lowest BCUT2D eigenvalue weighted by atomic mass is 10.1. The number of carbonyl (C=O) groups is 1. The Morgan fingerprint density at radius 1 is 1.35 bits per heavy atom. The highest BCUT2D eigenvalue weighted by molar-refractivity contribution is 6.01. The van der Waals surface area contributed by atoms with Crippen LogP contribution in [0.5, 0.6) is 0 Å². The molecule has 0 saturated heterocycles. The zero-order valence-corrected chi connectivity index (χ0v) is 11.6. The summed E-state index contributed by atoms with van der Waals surface area (Å²) in [5.41, 5.74) is 1.79. The van der Waals surface area contributed by atoms with Crippen molar-refractivity contribution in [3.05, 3.63) is 45.8 Å². The first kappa shape index (κ1) is 14.0. The molecule has 2 aromatic rings. The van der Waals surface area contributed by atoms with Crippen molar-refractivity contribution >= 4 is 22.7 Å². The van der Waals surface area contributed by atoms with Crippen LogP contribution in [-0.2, 0) is 9.63 Å². The Morgan fingerprint density at radius 3 is 2.75 bits per heavy atom. The van der Waals surface area contributed by atoms with Gasteiger partial charge in [-0.3, -0.25) is 0 Å². The maximum absolute atomic E-state index is 12.0. The van der Waals surface area contributed by atoms with Crippen molar-refractivity contribution in [2.24, 2.45) is 5.16 Å². The second-order valence-corrected chi connectivity index (χ2v) is 4.46. The van der Waals surface area contributed by atoms with Gasteiger partial charge in [0, 0.05) is 12.3 Å². The van der Waals surface area contributed by atoms with E-state index in [1.54, 1.807) is 12.1 Å². The Morgan fingerprint density at radius 2 is 2.10 bits per heavy atom. The van der Waals surface area contributed by atoms with Crippen LogP contribution in [0.4, 0.5) is 0 Å². The van der Waals surface area contributed by atoms with Crippen molar-refractivity contribution in [2.75, 3.05) is 0 Å². The van der Waals surface area contributed by atoms with E-state index in [1.165, 1.54) is 6.92 Å². The number of oxime groups is 1. The van der Waals surface area contributed by atoms with E-state index in [9.17, 15) is 9.59 Å². The highest BCUT2D eigenvalue weighted by atomic mass is 16.7. The van der Waals surface area contributed by atoms with Gasteiger partial charge in [-0.2, -0.15) is 0 Å². The zero-order valence-electron chi connectivity index (χ0n) is 11.6. The van der Waals surface area contributed by atoms with Gasteiger partial charge in [0.05, 0.1) is 11.3 Å². The maximum atomic E-state index is 12.0. The molecule has 2 rings (SSSR count). The lowest BCUT2D eigenvalue weighted by Crippen LogP contribution is -2.15. The molecule has 1 aromatic heterocycles. The quantitative estimate of drug-likeness (QED) is 0.373. The molecule has 1 aromatic carbocycles. The first-order valence-corrected chi connectivity index (χ1v) is 6.30. The summed E-state index contributed by atoms with van der Waals surface area (Å²) in [6, 6.07) is 7.25. The van der Waals surface area contributed by atoms with Gasteiger partial charge < -0.3 is 9.25 Å². The van der Waals surface area contributed by atoms with Crippen molar-refractivity contribution in [2.45, 2.75) is 27.2 Å². The van der Waals surface area contributed by atoms with E-state index in [4.69, 9.17) is 4.42 Å². The van der Waals surface area contributed by atoms with Crippen LogP contribution in [0.25, 0.3) is 11.0 Å². The number of hydrogen-bond donors (Lipinski definition) is 0. The summed E-state index contributed by atoms with van der Waals surface area (Å²) >= 11 is 0. The normalized spacial score (nSPS) is 11.7. The Kier molecular flexibility index (Phi) is 3.98. The summed E-state index contributed by atoms with van der Waals surface area (Å²) in [5, 5.41) is 4.52. The van der Waals surface area contributed by atoms with Crippen LogP contribution in [0.1, 0.15) is 31.4 Å². The van der Waals surface area contributed by atoms with Crippen LogP contribution in [0.15, 0.2) is 38.6 Å². The maximum Gasteiger partial charge on any atom is 0.345 e. The van der Waals surface area contributed by atoms with E-state index >= 15 is 0 Å². The fraction of sp³-hybridized carbons (Fsp3) is 0.267. The van der Waals surface area contributed by atoms with Crippen molar-refractivity contribution in [3.63, 3.8) is 0 Å². The third kappa shape index (κ3) is 2.93. The molecular weight excluding hydrogens is 258 g/mol. The molecule has 0 aliphatic heterocycles. The number of carbonyl (C=O) groups excluding carboxylic acids is 1. The predicted octanol–water partition coefficient (Wildman–Crippen LogP) is 2.78. The van der Waals surface area contributed by atoms with E-state index < -0.39 is 11.6 Å². The van der Waals surface area contributed by atoms with Crippen molar-refractivity contribution in [1.29, 1.82) is 0 Å². The molecule has 0 bridgehead atoms. The first-order chi connectivity index (χ1) is 9.51. The number of rotatable bonds is 3. The molecule has 0 saturated carbocycles. The highest BCUT2D eigenvalue weighted by Gasteiger charge is 2.11. The van der Waals surface area contributed by atoms with E-state index in [0.717, 1.165) is 10.9 Å². The minimum Gasteiger partial charge on any atom is -0.422 e. The van der Waals surface area contributed by atoms with Gasteiger partial charge in [0.2, 0.25) is 0 Å². The molecule has 0 spiro atoms. The van der Waals surface area contributed by atoms with Crippen LogP contribution in [-0.4, -0.2) is 11.7 Å². The van der Waals surface area contributed by atoms with Crippen molar-refractivity contribution in [3.8, 4) is 0 Å². The van der Waals surface area contributed by atoms with Crippen LogP contribution < -0.4 is 5.63 Å². The second-order valence-electron chi connectivity index (χ2n) is 4.46. The van der Waals surface area contributed by atoms with E-state index in [2.05, 4.69) is 9.99 Å². The fourth-order valence-corrected chi connectivity index (χ4v) is 1.87. The number of fused-ring (bicyclic) bond motifs is 1. The standard InChI is InChI=1S/C15H15NO4/c1-4-13(16-20-10(3)17)12-8-11-7-9(2)5-6-14(11)19-15(12)18/h5-8H,4H2,1-3H3/b16-13+. The fourth-order valence-electron chi connectivity index (χ4n) is 1.87. The molecular formula is C15H15NO4. The van der Waals surface area contributed by atoms with Gasteiger partial charge in [-0.15, -0.1) is 0 Å². The smallest absolute Gasteiger partial charge is 0.345 e. The molecule has 0 aliphatic carbocycles. The zero-order chi connectivity index (χ0) is 14.7. The van der Waals surface area contributed by atoms with Crippen LogP contribution in [0.2, 0.25) is 0 Å². The molecule has 5 heteroatoms. The molecule has 0 amide bonds. The Labute approximate surface area is 115 Å². The largest absolute Gasteiger partial charge is 0.422 e.